The van der Waals surface area contributed by atoms with E-state index in [1.54, 1.807) is 42.5 Å². The maximum absolute atomic E-state index is 12.4. The number of para-hydroxylation sites is 1. The summed E-state index contributed by atoms with van der Waals surface area (Å²) < 4.78 is 1.29. The Morgan fingerprint density at radius 3 is 2.50 bits per heavy atom. The van der Waals surface area contributed by atoms with Gasteiger partial charge in [0.1, 0.15) is 11.3 Å². The molecule has 0 bridgehead atoms. The largest absolute Gasteiger partial charge is 1.00 e. The summed E-state index contributed by atoms with van der Waals surface area (Å²) in [5.74, 6) is -1.10. The number of fused-ring (bicyclic) bond motifs is 1. The third-order valence-corrected chi connectivity index (χ3v) is 3.92. The SMILES string of the molecule is Cn1c(=O)c(C(=O)Nc2ccccc2)c(O)c2c(Cl)cccc21.[H-].[Na+]. The van der Waals surface area contributed by atoms with E-state index < -0.39 is 17.2 Å². The molecule has 1 heterocycles. The van der Waals surface area contributed by atoms with Crippen LogP contribution in [0.5, 0.6) is 5.75 Å². The van der Waals surface area contributed by atoms with Crippen LogP contribution in [0.15, 0.2) is 53.3 Å². The van der Waals surface area contributed by atoms with Crippen LogP contribution in [-0.2, 0) is 7.05 Å². The van der Waals surface area contributed by atoms with Gasteiger partial charge in [0, 0.05) is 12.7 Å². The average molecular weight is 353 g/mol. The number of aryl methyl sites for hydroxylation is 1. The second kappa shape index (κ2) is 7.40. The molecule has 7 heteroatoms. The number of pyridine rings is 1. The molecule has 3 rings (SSSR count). The Bertz CT molecular complexity index is 977. The summed E-state index contributed by atoms with van der Waals surface area (Å²) in [7, 11) is 1.53. The number of aromatic hydroxyl groups is 1. The molecule has 2 aromatic carbocycles. The number of carbonyl (C=O) groups excluding carboxylic acids is 1. The van der Waals surface area contributed by atoms with Gasteiger partial charge in [-0.2, -0.15) is 0 Å². The summed E-state index contributed by atoms with van der Waals surface area (Å²) in [6, 6.07) is 13.6. The first-order valence-electron chi connectivity index (χ1n) is 6.87. The van der Waals surface area contributed by atoms with Gasteiger partial charge in [-0.3, -0.25) is 9.59 Å². The topological polar surface area (TPSA) is 71.3 Å². The Morgan fingerprint density at radius 1 is 1.17 bits per heavy atom. The second-order valence-corrected chi connectivity index (χ2v) is 5.45. The van der Waals surface area contributed by atoms with Crippen LogP contribution in [0.3, 0.4) is 0 Å². The zero-order valence-electron chi connectivity index (χ0n) is 14.2. The molecule has 0 aliphatic carbocycles. The minimum absolute atomic E-state index is 0. The number of rotatable bonds is 2. The second-order valence-electron chi connectivity index (χ2n) is 5.04. The standard InChI is InChI=1S/C17H13ClN2O3.Na.H/c1-20-12-9-5-8-11(18)13(12)15(21)14(17(20)23)16(22)19-10-6-3-2-4-7-10;;/h2-9,21H,1H3,(H,19,22);;/q;+1;-1. The number of hydrogen-bond acceptors (Lipinski definition) is 3. The first-order chi connectivity index (χ1) is 11.0. The van der Waals surface area contributed by atoms with E-state index in [9.17, 15) is 14.7 Å². The Balaban J connectivity index is 0.00000156. The molecule has 0 fully saturated rings. The van der Waals surface area contributed by atoms with Crippen molar-refractivity contribution in [3.05, 3.63) is 69.5 Å². The molecule has 1 amide bonds. The zero-order valence-corrected chi connectivity index (χ0v) is 16.0. The van der Waals surface area contributed by atoms with Crippen molar-refractivity contribution in [2.45, 2.75) is 0 Å². The molecule has 3 aromatic rings. The Labute approximate surface area is 166 Å². The van der Waals surface area contributed by atoms with E-state index in [2.05, 4.69) is 5.32 Å². The minimum atomic E-state index is -0.684. The van der Waals surface area contributed by atoms with Crippen molar-refractivity contribution in [3.63, 3.8) is 0 Å². The summed E-state index contributed by atoms with van der Waals surface area (Å²) >= 11 is 6.12. The molecule has 0 atom stereocenters. The molecule has 5 nitrogen and oxygen atoms in total. The summed E-state index contributed by atoms with van der Waals surface area (Å²) in [5, 5.41) is 13.6. The molecule has 0 saturated carbocycles. The third kappa shape index (κ3) is 3.21. The van der Waals surface area contributed by atoms with Crippen LogP contribution in [0.2, 0.25) is 5.02 Å². The Hall–Kier alpha value is -1.79. The first kappa shape index (κ1) is 18.5. The maximum atomic E-state index is 12.4. The van der Waals surface area contributed by atoms with Crippen LogP contribution in [0.1, 0.15) is 11.8 Å². The van der Waals surface area contributed by atoms with Gasteiger partial charge in [-0.05, 0) is 24.3 Å². The number of halogens is 1. The normalized spacial score (nSPS) is 10.2. The molecule has 24 heavy (non-hydrogen) atoms. The van der Waals surface area contributed by atoms with Crippen molar-refractivity contribution >= 4 is 34.1 Å². The van der Waals surface area contributed by atoms with E-state index in [0.717, 1.165) is 0 Å². The van der Waals surface area contributed by atoms with Gasteiger partial charge in [0.2, 0.25) is 0 Å². The average Bonchev–Trinajstić information content (AvgIpc) is 2.53. The van der Waals surface area contributed by atoms with E-state index in [4.69, 9.17) is 11.6 Å². The predicted octanol–water partition coefficient (Wildman–Crippen LogP) is 0.266. The van der Waals surface area contributed by atoms with E-state index in [-0.39, 0.29) is 47.0 Å². The first-order valence-corrected chi connectivity index (χ1v) is 7.25. The number of nitrogens with zero attached hydrogens (tertiary/aromatic N) is 1. The molecule has 0 unspecified atom stereocenters. The smallest absolute Gasteiger partial charge is 1.00 e. The minimum Gasteiger partial charge on any atom is -1.00 e. The Kier molecular flexibility index (Phi) is 5.72. The van der Waals surface area contributed by atoms with Crippen molar-refractivity contribution < 1.29 is 40.9 Å². The van der Waals surface area contributed by atoms with Crippen molar-refractivity contribution in [1.82, 2.24) is 4.57 Å². The predicted molar refractivity (Wildman–Crippen MR) is 91.4 cm³/mol. The van der Waals surface area contributed by atoms with Gasteiger partial charge in [0.25, 0.3) is 11.5 Å². The van der Waals surface area contributed by atoms with Gasteiger partial charge in [0.15, 0.2) is 0 Å². The summed E-state index contributed by atoms with van der Waals surface area (Å²) in [6.07, 6.45) is 0. The number of amides is 1. The number of aromatic nitrogens is 1. The summed E-state index contributed by atoms with van der Waals surface area (Å²) in [4.78, 5) is 24.9. The van der Waals surface area contributed by atoms with Crippen molar-refractivity contribution in [3.8, 4) is 5.75 Å². The van der Waals surface area contributed by atoms with Crippen LogP contribution < -0.4 is 40.4 Å². The quantitative estimate of drug-likeness (QED) is 0.650. The van der Waals surface area contributed by atoms with E-state index >= 15 is 0 Å². The van der Waals surface area contributed by atoms with E-state index in [1.807, 2.05) is 6.07 Å². The van der Waals surface area contributed by atoms with Crippen LogP contribution in [0.25, 0.3) is 10.9 Å². The molecule has 0 aliphatic heterocycles. The van der Waals surface area contributed by atoms with Gasteiger partial charge in [-0.15, -0.1) is 0 Å². The molecule has 118 valence electrons. The molecular formula is C17H14ClN2NaO3. The van der Waals surface area contributed by atoms with Crippen LogP contribution in [0.4, 0.5) is 5.69 Å². The molecule has 2 N–H and O–H groups in total. The zero-order chi connectivity index (χ0) is 16.6. The number of benzene rings is 2. The maximum Gasteiger partial charge on any atom is 1.00 e. The molecule has 1 aromatic heterocycles. The van der Waals surface area contributed by atoms with Gasteiger partial charge >= 0.3 is 29.6 Å². The van der Waals surface area contributed by atoms with Gasteiger partial charge in [-0.1, -0.05) is 35.9 Å². The third-order valence-electron chi connectivity index (χ3n) is 3.60. The fourth-order valence-corrected chi connectivity index (χ4v) is 2.71. The van der Waals surface area contributed by atoms with E-state index in [1.165, 1.54) is 11.6 Å². The molecular weight excluding hydrogens is 339 g/mol. The molecule has 0 aliphatic rings. The monoisotopic (exact) mass is 352 g/mol. The summed E-state index contributed by atoms with van der Waals surface area (Å²) in [6.45, 7) is 0. The molecule has 0 saturated heterocycles. The Morgan fingerprint density at radius 2 is 1.83 bits per heavy atom. The number of anilines is 1. The summed E-state index contributed by atoms with van der Waals surface area (Å²) in [5.41, 5.74) is 0.0529. The van der Waals surface area contributed by atoms with Crippen LogP contribution in [-0.4, -0.2) is 15.6 Å². The van der Waals surface area contributed by atoms with Crippen LogP contribution in [0, 0.1) is 0 Å². The fraction of sp³-hybridized carbons (Fsp3) is 0.0588. The van der Waals surface area contributed by atoms with Crippen molar-refractivity contribution in [1.29, 1.82) is 0 Å². The van der Waals surface area contributed by atoms with Crippen LogP contribution >= 0.6 is 11.6 Å². The molecule has 0 spiro atoms. The number of hydrogen-bond donors (Lipinski definition) is 2. The van der Waals surface area contributed by atoms with Gasteiger partial charge in [0.05, 0.1) is 15.9 Å². The fourth-order valence-electron chi connectivity index (χ4n) is 2.45. The molecule has 0 radical (unpaired) electrons. The van der Waals surface area contributed by atoms with Crippen molar-refractivity contribution in [2.75, 3.05) is 5.32 Å². The van der Waals surface area contributed by atoms with E-state index in [0.29, 0.717) is 11.2 Å². The van der Waals surface area contributed by atoms with Gasteiger partial charge in [-0.25, -0.2) is 0 Å². The number of carbonyl (C=O) groups is 1. The van der Waals surface area contributed by atoms with Gasteiger partial charge < -0.3 is 16.4 Å². The van der Waals surface area contributed by atoms with Crippen molar-refractivity contribution in [2.24, 2.45) is 7.05 Å². The number of nitrogens with one attached hydrogen (secondary N) is 1.